The Morgan fingerprint density at radius 1 is 0.976 bits per heavy atom. The minimum Gasteiger partial charge on any atom is -0.494 e. The average Bonchev–Trinajstić information content (AvgIpc) is 2.99. The molecule has 3 aromatic carbocycles. The Balaban J connectivity index is 1.44. The molecule has 2 heterocycles. The fourth-order valence-electron chi connectivity index (χ4n) is 4.52. The number of hydrogen-bond donors (Lipinski definition) is 2. The maximum absolute atomic E-state index is 13.5. The number of rotatable bonds is 8. The number of nitro benzene ring substituents is 1. The lowest BCUT2D eigenvalue weighted by Gasteiger charge is -2.34. The van der Waals surface area contributed by atoms with Crippen LogP contribution in [0.2, 0.25) is 0 Å². The first-order valence-electron chi connectivity index (χ1n) is 13.0. The van der Waals surface area contributed by atoms with Gasteiger partial charge in [-0.25, -0.2) is 19.7 Å². The molecular weight excluding hydrogens is 524 g/mol. The Hall–Kier alpha value is -5.23. The van der Waals surface area contributed by atoms with Crippen molar-refractivity contribution in [1.29, 1.82) is 0 Å². The number of nitro groups is 1. The first-order chi connectivity index (χ1) is 19.9. The highest BCUT2D eigenvalue weighted by molar-refractivity contribution is 6.06. The summed E-state index contributed by atoms with van der Waals surface area (Å²) in [6.45, 7) is 3.84. The van der Waals surface area contributed by atoms with E-state index in [2.05, 4.69) is 37.4 Å². The van der Waals surface area contributed by atoms with Gasteiger partial charge < -0.3 is 25.2 Å². The summed E-state index contributed by atoms with van der Waals surface area (Å²) in [5.74, 6) is 1.26. The molecule has 41 heavy (non-hydrogen) atoms. The molecule has 0 bridgehead atoms. The number of nitrogens with one attached hydrogen (secondary N) is 2. The van der Waals surface area contributed by atoms with Gasteiger partial charge in [0.1, 0.15) is 23.7 Å². The van der Waals surface area contributed by atoms with Crippen LogP contribution >= 0.6 is 0 Å². The number of para-hydroxylation sites is 1. The topological polar surface area (TPSA) is 129 Å². The van der Waals surface area contributed by atoms with E-state index >= 15 is 0 Å². The molecule has 1 saturated heterocycles. The van der Waals surface area contributed by atoms with Gasteiger partial charge >= 0.3 is 6.03 Å². The van der Waals surface area contributed by atoms with Crippen molar-refractivity contribution >= 4 is 46.1 Å². The van der Waals surface area contributed by atoms with Crippen molar-refractivity contribution in [2.24, 2.45) is 0 Å². The molecule has 0 aliphatic carbocycles. The summed E-state index contributed by atoms with van der Waals surface area (Å²) < 4.78 is 5.68. The van der Waals surface area contributed by atoms with Gasteiger partial charge in [0, 0.05) is 61.8 Å². The fraction of sp³-hybridized carbons (Fsp3) is 0.207. The zero-order chi connectivity index (χ0) is 28.8. The molecule has 1 aromatic heterocycles. The predicted molar refractivity (Wildman–Crippen MR) is 159 cm³/mol. The first-order valence-corrected chi connectivity index (χ1v) is 13.0. The lowest BCUT2D eigenvalue weighted by Crippen LogP contribution is -2.44. The third-order valence-electron chi connectivity index (χ3n) is 6.72. The van der Waals surface area contributed by atoms with Gasteiger partial charge in [0.15, 0.2) is 0 Å². The van der Waals surface area contributed by atoms with Crippen molar-refractivity contribution in [1.82, 2.24) is 14.9 Å². The largest absolute Gasteiger partial charge is 0.494 e. The number of benzene rings is 3. The van der Waals surface area contributed by atoms with E-state index in [4.69, 9.17) is 4.74 Å². The first kappa shape index (κ1) is 27.3. The van der Waals surface area contributed by atoms with Gasteiger partial charge in [0.25, 0.3) is 5.69 Å². The number of anilines is 6. The van der Waals surface area contributed by atoms with Crippen molar-refractivity contribution in [2.75, 3.05) is 60.8 Å². The fourth-order valence-corrected chi connectivity index (χ4v) is 4.52. The van der Waals surface area contributed by atoms with Crippen LogP contribution in [0.15, 0.2) is 85.2 Å². The van der Waals surface area contributed by atoms with Crippen molar-refractivity contribution < 1.29 is 14.5 Å². The van der Waals surface area contributed by atoms with Crippen molar-refractivity contribution in [3.63, 3.8) is 0 Å². The summed E-state index contributed by atoms with van der Waals surface area (Å²) in [6.07, 6.45) is 1.32. The van der Waals surface area contributed by atoms with E-state index in [9.17, 15) is 14.9 Å². The van der Waals surface area contributed by atoms with Crippen molar-refractivity contribution in [3.8, 4) is 5.75 Å². The minimum atomic E-state index is -0.546. The summed E-state index contributed by atoms with van der Waals surface area (Å²) in [4.78, 5) is 39.0. The molecule has 0 spiro atoms. The van der Waals surface area contributed by atoms with Crippen LogP contribution in [-0.4, -0.2) is 66.2 Å². The predicted octanol–water partition coefficient (Wildman–Crippen LogP) is 5.26. The molecule has 1 aliphatic heterocycles. The SMILES string of the molecule is COc1cc(N2CCN(C)CC2)ccc1Nc1cc(N(C(=O)Nc2ccccc2)c2cccc([N+](=O)[O-])c2)ncn1. The second-order valence-corrected chi connectivity index (χ2v) is 9.47. The highest BCUT2D eigenvalue weighted by Gasteiger charge is 2.23. The number of aromatic nitrogens is 2. The smallest absolute Gasteiger partial charge is 0.332 e. The molecule has 0 atom stereocenters. The standard InChI is InChI=1S/C29H30N8O4/c1-34-13-15-35(16-14-34)22-11-12-25(26(18-22)41-2)33-27-19-28(31-20-30-27)36(23-9-6-10-24(17-23)37(39)40)29(38)32-21-7-4-3-5-8-21/h3-12,17-20H,13-16H2,1-2H3,(H,32,38)(H,30,31,33). The van der Waals surface area contributed by atoms with Crippen LogP contribution in [0.25, 0.3) is 0 Å². The van der Waals surface area contributed by atoms with E-state index in [0.29, 0.717) is 22.9 Å². The molecule has 4 aromatic rings. The molecule has 2 amide bonds. The molecule has 0 unspecified atom stereocenters. The van der Waals surface area contributed by atoms with E-state index in [-0.39, 0.29) is 17.2 Å². The summed E-state index contributed by atoms with van der Waals surface area (Å²) in [7, 11) is 3.73. The number of likely N-dealkylation sites (N-methyl/N-ethyl adjacent to an activating group) is 1. The molecule has 12 nitrogen and oxygen atoms in total. The zero-order valence-corrected chi connectivity index (χ0v) is 22.7. The van der Waals surface area contributed by atoms with E-state index in [1.807, 2.05) is 24.3 Å². The second-order valence-electron chi connectivity index (χ2n) is 9.47. The van der Waals surface area contributed by atoms with Gasteiger partial charge in [-0.3, -0.25) is 10.1 Å². The quantitative estimate of drug-likeness (QED) is 0.221. The summed E-state index contributed by atoms with van der Waals surface area (Å²) in [5.41, 5.74) is 2.43. The van der Waals surface area contributed by atoms with Crippen LogP contribution in [0.1, 0.15) is 0 Å². The molecule has 5 rings (SSSR count). The Labute approximate surface area is 237 Å². The molecule has 210 valence electrons. The monoisotopic (exact) mass is 554 g/mol. The number of piperazine rings is 1. The summed E-state index contributed by atoms with van der Waals surface area (Å²) in [6, 6.07) is 21.7. The van der Waals surface area contributed by atoms with Gasteiger partial charge in [-0.15, -0.1) is 0 Å². The number of ether oxygens (including phenoxy) is 1. The third kappa shape index (κ3) is 6.50. The summed E-state index contributed by atoms with van der Waals surface area (Å²) >= 11 is 0. The third-order valence-corrected chi connectivity index (χ3v) is 6.72. The van der Waals surface area contributed by atoms with Crippen LogP contribution in [0, 0.1) is 10.1 Å². The van der Waals surface area contributed by atoms with Crippen molar-refractivity contribution in [3.05, 3.63) is 95.3 Å². The Kier molecular flexibility index (Phi) is 8.20. The lowest BCUT2D eigenvalue weighted by molar-refractivity contribution is -0.384. The molecule has 1 aliphatic rings. The Morgan fingerprint density at radius 2 is 1.76 bits per heavy atom. The molecule has 0 radical (unpaired) electrons. The number of hydrogen-bond acceptors (Lipinski definition) is 9. The molecule has 12 heteroatoms. The maximum atomic E-state index is 13.5. The number of methoxy groups -OCH3 is 1. The van der Waals surface area contributed by atoms with E-state index in [0.717, 1.165) is 31.9 Å². The van der Waals surface area contributed by atoms with Gasteiger partial charge in [-0.05, 0) is 37.4 Å². The lowest BCUT2D eigenvalue weighted by atomic mass is 10.2. The number of non-ortho nitro benzene ring substituents is 1. The minimum absolute atomic E-state index is 0.155. The second kappa shape index (κ2) is 12.3. The van der Waals surface area contributed by atoms with Crippen molar-refractivity contribution in [2.45, 2.75) is 0 Å². The van der Waals surface area contributed by atoms with Gasteiger partial charge in [-0.1, -0.05) is 24.3 Å². The Bertz CT molecular complexity index is 1530. The number of urea groups is 1. The van der Waals surface area contributed by atoms with Crippen LogP contribution in [0.4, 0.5) is 44.9 Å². The summed E-state index contributed by atoms with van der Waals surface area (Å²) in [5, 5.41) is 17.5. The van der Waals surface area contributed by atoms with Crippen LogP contribution in [-0.2, 0) is 0 Å². The highest BCUT2D eigenvalue weighted by Crippen LogP contribution is 2.34. The van der Waals surface area contributed by atoms with Gasteiger partial charge in [0.2, 0.25) is 0 Å². The molecule has 0 saturated carbocycles. The van der Waals surface area contributed by atoms with Gasteiger partial charge in [-0.2, -0.15) is 0 Å². The van der Waals surface area contributed by atoms with Crippen LogP contribution < -0.4 is 25.2 Å². The number of carbonyl (C=O) groups excluding carboxylic acids is 1. The van der Waals surface area contributed by atoms with E-state index in [1.165, 1.54) is 29.4 Å². The highest BCUT2D eigenvalue weighted by atomic mass is 16.6. The van der Waals surface area contributed by atoms with E-state index < -0.39 is 11.0 Å². The average molecular weight is 555 g/mol. The maximum Gasteiger partial charge on any atom is 0.332 e. The normalized spacial score (nSPS) is 13.4. The van der Waals surface area contributed by atoms with E-state index in [1.54, 1.807) is 43.5 Å². The number of amides is 2. The number of carbonyl (C=O) groups is 1. The zero-order valence-electron chi connectivity index (χ0n) is 22.7. The number of nitrogens with zero attached hydrogens (tertiary/aromatic N) is 6. The molecule has 2 N–H and O–H groups in total. The Morgan fingerprint density at radius 3 is 2.49 bits per heavy atom. The van der Waals surface area contributed by atoms with Crippen LogP contribution in [0.5, 0.6) is 5.75 Å². The molecular formula is C29H30N8O4. The molecule has 1 fully saturated rings. The van der Waals surface area contributed by atoms with Gasteiger partial charge in [0.05, 0.1) is 23.4 Å². The van der Waals surface area contributed by atoms with Crippen LogP contribution in [0.3, 0.4) is 0 Å².